The van der Waals surface area contributed by atoms with Gasteiger partial charge in [-0.3, -0.25) is 9.36 Å². The number of benzene rings is 1. The Morgan fingerprint density at radius 1 is 1.38 bits per heavy atom. The van der Waals surface area contributed by atoms with E-state index in [1.807, 2.05) is 32.0 Å². The molecule has 130 valence electrons. The minimum absolute atomic E-state index is 0.0274. The van der Waals surface area contributed by atoms with Crippen molar-refractivity contribution in [1.29, 1.82) is 0 Å². The standard InChI is InChI=1S/C17H21F2N3O2/c1-12-5-4-6-14(13(12)2)24-10-7-16(23)21(3)11-15-20-8-9-22(15)17(18)19/h4-6,8-9,17H,7,10-11H2,1-3H3. The molecule has 0 unspecified atom stereocenters. The molecule has 0 N–H and O–H groups in total. The minimum Gasteiger partial charge on any atom is -0.493 e. The van der Waals surface area contributed by atoms with Gasteiger partial charge in [0.2, 0.25) is 5.91 Å². The molecule has 2 rings (SSSR count). The van der Waals surface area contributed by atoms with Crippen LogP contribution in [-0.4, -0.2) is 34.0 Å². The molecule has 1 aromatic heterocycles. The van der Waals surface area contributed by atoms with Crippen LogP contribution in [-0.2, 0) is 11.3 Å². The molecule has 5 nitrogen and oxygen atoms in total. The fourth-order valence-corrected chi connectivity index (χ4v) is 2.26. The van der Waals surface area contributed by atoms with Crippen LogP contribution in [0, 0.1) is 13.8 Å². The van der Waals surface area contributed by atoms with Gasteiger partial charge in [0.05, 0.1) is 19.6 Å². The van der Waals surface area contributed by atoms with Gasteiger partial charge in [0, 0.05) is 19.4 Å². The molecule has 2 aromatic rings. The summed E-state index contributed by atoms with van der Waals surface area (Å²) < 4.78 is 31.9. The van der Waals surface area contributed by atoms with Gasteiger partial charge in [0.25, 0.3) is 0 Å². The summed E-state index contributed by atoms with van der Waals surface area (Å²) in [5.41, 5.74) is 2.16. The van der Waals surface area contributed by atoms with Crippen molar-refractivity contribution in [3.63, 3.8) is 0 Å². The maximum Gasteiger partial charge on any atom is 0.319 e. The first-order chi connectivity index (χ1) is 11.4. The van der Waals surface area contributed by atoms with Crippen LogP contribution in [0.5, 0.6) is 5.75 Å². The summed E-state index contributed by atoms with van der Waals surface area (Å²) in [6.07, 6.45) is 2.66. The summed E-state index contributed by atoms with van der Waals surface area (Å²) in [6, 6.07) is 5.75. The van der Waals surface area contributed by atoms with E-state index in [0.717, 1.165) is 21.4 Å². The van der Waals surface area contributed by atoms with E-state index in [1.165, 1.54) is 17.3 Å². The number of nitrogens with zero attached hydrogens (tertiary/aromatic N) is 3. The van der Waals surface area contributed by atoms with Crippen LogP contribution in [0.15, 0.2) is 30.6 Å². The molecule has 0 aliphatic heterocycles. The second-order valence-electron chi connectivity index (χ2n) is 5.57. The fourth-order valence-electron chi connectivity index (χ4n) is 2.26. The zero-order valence-electron chi connectivity index (χ0n) is 14.0. The van der Waals surface area contributed by atoms with E-state index in [2.05, 4.69) is 4.98 Å². The largest absolute Gasteiger partial charge is 0.493 e. The molecular formula is C17H21F2N3O2. The van der Waals surface area contributed by atoms with Crippen molar-refractivity contribution in [2.75, 3.05) is 13.7 Å². The lowest BCUT2D eigenvalue weighted by molar-refractivity contribution is -0.131. The number of carbonyl (C=O) groups excluding carboxylic acids is 1. The topological polar surface area (TPSA) is 47.4 Å². The fraction of sp³-hybridized carbons (Fsp3) is 0.412. The highest BCUT2D eigenvalue weighted by Gasteiger charge is 2.16. The van der Waals surface area contributed by atoms with Crippen molar-refractivity contribution < 1.29 is 18.3 Å². The number of halogens is 2. The first-order valence-electron chi connectivity index (χ1n) is 7.63. The van der Waals surface area contributed by atoms with Crippen LogP contribution in [0.1, 0.15) is 29.9 Å². The van der Waals surface area contributed by atoms with Gasteiger partial charge < -0.3 is 9.64 Å². The molecule has 7 heteroatoms. The molecule has 0 atom stereocenters. The van der Waals surface area contributed by atoms with Gasteiger partial charge in [-0.1, -0.05) is 12.1 Å². The molecule has 0 aliphatic rings. The summed E-state index contributed by atoms with van der Waals surface area (Å²) in [5, 5.41) is 0. The minimum atomic E-state index is -2.67. The smallest absolute Gasteiger partial charge is 0.319 e. The number of amides is 1. The number of carbonyl (C=O) groups is 1. The van der Waals surface area contributed by atoms with Crippen molar-refractivity contribution in [3.05, 3.63) is 47.5 Å². The number of imidazole rings is 1. The highest BCUT2D eigenvalue weighted by atomic mass is 19.3. The van der Waals surface area contributed by atoms with E-state index < -0.39 is 6.55 Å². The molecule has 0 spiro atoms. The molecule has 1 aromatic carbocycles. The second-order valence-corrected chi connectivity index (χ2v) is 5.57. The highest BCUT2D eigenvalue weighted by Crippen LogP contribution is 2.20. The van der Waals surface area contributed by atoms with Crippen LogP contribution in [0.2, 0.25) is 0 Å². The van der Waals surface area contributed by atoms with E-state index in [4.69, 9.17) is 4.74 Å². The van der Waals surface area contributed by atoms with Crippen LogP contribution in [0.4, 0.5) is 8.78 Å². The molecule has 0 aliphatic carbocycles. The highest BCUT2D eigenvalue weighted by molar-refractivity contribution is 5.75. The Kier molecular flexibility index (Phi) is 5.89. The Balaban J connectivity index is 1.86. The molecule has 1 heterocycles. The van der Waals surface area contributed by atoms with E-state index in [1.54, 1.807) is 7.05 Å². The lowest BCUT2D eigenvalue weighted by atomic mass is 10.1. The summed E-state index contributed by atoms with van der Waals surface area (Å²) in [7, 11) is 1.56. The number of alkyl halides is 2. The molecule has 0 saturated carbocycles. The third-order valence-corrected chi connectivity index (χ3v) is 3.89. The lowest BCUT2D eigenvalue weighted by Gasteiger charge is -2.18. The summed E-state index contributed by atoms with van der Waals surface area (Å²) in [4.78, 5) is 17.3. The van der Waals surface area contributed by atoms with Crippen molar-refractivity contribution in [2.45, 2.75) is 33.4 Å². The molecule has 1 amide bonds. The number of aryl methyl sites for hydroxylation is 1. The first-order valence-corrected chi connectivity index (χ1v) is 7.63. The van der Waals surface area contributed by atoms with Gasteiger partial charge in [-0.2, -0.15) is 8.78 Å². The number of rotatable bonds is 7. The summed E-state index contributed by atoms with van der Waals surface area (Å²) in [5.74, 6) is 0.708. The monoisotopic (exact) mass is 337 g/mol. The third-order valence-electron chi connectivity index (χ3n) is 3.89. The zero-order chi connectivity index (χ0) is 17.7. The molecule has 0 bridgehead atoms. The van der Waals surface area contributed by atoms with Crippen molar-refractivity contribution in [1.82, 2.24) is 14.5 Å². The van der Waals surface area contributed by atoms with Crippen molar-refractivity contribution in [2.24, 2.45) is 0 Å². The van der Waals surface area contributed by atoms with E-state index >= 15 is 0 Å². The number of aromatic nitrogens is 2. The molecule has 0 fully saturated rings. The van der Waals surface area contributed by atoms with Gasteiger partial charge >= 0.3 is 6.55 Å². The summed E-state index contributed by atoms with van der Waals surface area (Å²) >= 11 is 0. The number of hydrogen-bond acceptors (Lipinski definition) is 3. The van der Waals surface area contributed by atoms with E-state index in [-0.39, 0.29) is 31.3 Å². The van der Waals surface area contributed by atoms with Gasteiger partial charge in [-0.05, 0) is 31.0 Å². The third kappa shape index (κ3) is 4.31. The number of hydrogen-bond donors (Lipinski definition) is 0. The molecule has 24 heavy (non-hydrogen) atoms. The molecule has 0 saturated heterocycles. The van der Waals surface area contributed by atoms with Gasteiger partial charge in [-0.25, -0.2) is 4.98 Å². The lowest BCUT2D eigenvalue weighted by Crippen LogP contribution is -2.29. The second kappa shape index (κ2) is 7.90. The Hall–Kier alpha value is -2.44. The van der Waals surface area contributed by atoms with Crippen molar-refractivity contribution in [3.8, 4) is 5.75 Å². The van der Waals surface area contributed by atoms with Crippen LogP contribution < -0.4 is 4.74 Å². The van der Waals surface area contributed by atoms with Gasteiger partial charge in [-0.15, -0.1) is 0 Å². The Labute approximate surface area is 139 Å². The Bertz CT molecular complexity index is 701. The molecule has 0 radical (unpaired) electrons. The van der Waals surface area contributed by atoms with Crippen LogP contribution >= 0.6 is 0 Å². The average Bonchev–Trinajstić information content (AvgIpc) is 2.99. The Morgan fingerprint density at radius 2 is 2.12 bits per heavy atom. The van der Waals surface area contributed by atoms with E-state index in [9.17, 15) is 13.6 Å². The maximum atomic E-state index is 12.8. The van der Waals surface area contributed by atoms with Crippen LogP contribution in [0.3, 0.4) is 0 Å². The molecular weight excluding hydrogens is 316 g/mol. The number of ether oxygens (including phenoxy) is 1. The van der Waals surface area contributed by atoms with Crippen LogP contribution in [0.25, 0.3) is 0 Å². The maximum absolute atomic E-state index is 12.8. The predicted octanol–water partition coefficient (Wildman–Crippen LogP) is 3.32. The average molecular weight is 337 g/mol. The predicted molar refractivity (Wildman–Crippen MR) is 86.0 cm³/mol. The quantitative estimate of drug-likeness (QED) is 0.779. The van der Waals surface area contributed by atoms with Gasteiger partial charge in [0.1, 0.15) is 11.6 Å². The first kappa shape index (κ1) is 17.9. The zero-order valence-corrected chi connectivity index (χ0v) is 14.0. The summed E-state index contributed by atoms with van der Waals surface area (Å²) in [6.45, 7) is 1.55. The van der Waals surface area contributed by atoms with Gasteiger partial charge in [0.15, 0.2) is 0 Å². The SMILES string of the molecule is Cc1cccc(OCCC(=O)N(C)Cc2nccn2C(F)F)c1C. The Morgan fingerprint density at radius 3 is 2.83 bits per heavy atom. The van der Waals surface area contributed by atoms with Crippen molar-refractivity contribution >= 4 is 5.91 Å². The van der Waals surface area contributed by atoms with E-state index in [0.29, 0.717) is 0 Å². The normalized spacial score (nSPS) is 10.9.